The van der Waals surface area contributed by atoms with Crippen LogP contribution < -0.4 is 39.9 Å². The van der Waals surface area contributed by atoms with E-state index in [2.05, 4.69) is 246 Å². The average molecular weight is 2130 g/mol. The minimum atomic E-state index is -0.219. The van der Waals surface area contributed by atoms with Crippen LogP contribution in [-0.4, -0.2) is 26.4 Å². The molecule has 16 bridgehead atoms. The van der Waals surface area contributed by atoms with Crippen LogP contribution in [0.4, 0.5) is 0 Å². The summed E-state index contributed by atoms with van der Waals surface area (Å²) in [6.07, 6.45) is 20.4. The van der Waals surface area contributed by atoms with E-state index in [-0.39, 0.29) is 242 Å². The maximum atomic E-state index is 5.47. The Bertz CT molecular complexity index is 3240. The van der Waals surface area contributed by atoms with Crippen LogP contribution in [0.1, 0.15) is 341 Å². The molecule has 0 unspecified atom stereocenters. The Morgan fingerprint density at radius 1 is 0.200 bits per heavy atom. The number of aryl methyl sites for hydroxylation is 2. The summed E-state index contributed by atoms with van der Waals surface area (Å²) in [6.45, 7) is 44.8. The molecule has 0 atom stereocenters. The molecule has 0 aliphatic carbocycles. The molecule has 0 spiro atoms. The Labute approximate surface area is 818 Å². The van der Waals surface area contributed by atoms with Crippen molar-refractivity contribution in [3.63, 3.8) is 0 Å². The van der Waals surface area contributed by atoms with E-state index in [1.54, 1.807) is 0 Å². The summed E-state index contributed by atoms with van der Waals surface area (Å²) >= 11 is 0. The van der Waals surface area contributed by atoms with Crippen LogP contribution in [0.2, 0.25) is 0 Å². The minimum Gasteiger partial charge on any atom is -2.00 e. The monoisotopic (exact) mass is 2130 g/mol. The first-order valence-corrected chi connectivity index (χ1v) is 40.8. The molecule has 2 saturated heterocycles. The number of hydrogen-bond donors (Lipinski definition) is 0. The quantitative estimate of drug-likeness (QED) is 0.0900. The minimum absolute atomic E-state index is 0. The Kier molecular flexibility index (Phi) is 44.3. The van der Waals surface area contributed by atoms with Gasteiger partial charge in [0.25, 0.3) is 0 Å². The summed E-state index contributed by atoms with van der Waals surface area (Å²) in [7, 11) is 0. The first-order chi connectivity index (χ1) is 50.4. The van der Waals surface area contributed by atoms with Crippen molar-refractivity contribution in [2.75, 3.05) is 26.4 Å². The van der Waals surface area contributed by atoms with E-state index in [4.69, 9.17) is 49.3 Å². The summed E-state index contributed by atoms with van der Waals surface area (Å²) in [6, 6.07) is 56.9. The van der Waals surface area contributed by atoms with E-state index in [1.807, 2.05) is 36.4 Å². The number of benzene rings is 2. The van der Waals surface area contributed by atoms with Crippen molar-refractivity contribution in [1.82, 2.24) is 39.9 Å². The van der Waals surface area contributed by atoms with Crippen molar-refractivity contribution in [3.8, 4) is 0 Å². The molecule has 624 valence electrons. The van der Waals surface area contributed by atoms with Gasteiger partial charge < -0.3 is 60.3 Å². The number of nitrogens with zero attached hydrogens (tertiary/aromatic N) is 8. The van der Waals surface area contributed by atoms with Crippen LogP contribution in [-0.2, 0) is 63.7 Å². The third kappa shape index (κ3) is 20.5. The van der Waals surface area contributed by atoms with E-state index in [1.165, 1.54) is 36.8 Å². The molecular weight excluding hydrogens is 2000 g/mol. The van der Waals surface area contributed by atoms with Crippen molar-refractivity contribution in [1.29, 1.82) is 0 Å². The SMILES string of the molecule is C1CCOC1.C1CCOC1.CCC1(CC)c2ccc([n-]2)C(CC)(CC)c2ccc([n-]2)C(CC)(CC)c2ccc([n-]2)C(CC)(CC)c2ccc1[n-]2.CCC1(CC)c2ccc([n-]2)C(CC)(CC)c2ccc([n-]2)C(CC)(CC)c2ccc([n-]2)C(CC)(CC)c2ccc1[n-]2.Cc1ccccc1.Cc1ccccc1.[O-2].[O-2].[Yb+3].[Yb+3].[Yb+3].[Yb+3]. The zero-order chi connectivity index (χ0) is 74.8. The molecule has 0 saturated carbocycles. The fourth-order valence-electron chi connectivity index (χ4n) is 18.1. The maximum absolute atomic E-state index is 5.47. The van der Waals surface area contributed by atoms with E-state index >= 15 is 0 Å². The topological polar surface area (TPSA) is 188 Å². The van der Waals surface area contributed by atoms with Gasteiger partial charge in [-0.05, 0) is 186 Å². The number of rotatable bonds is 16. The standard InChI is InChI=1S/2C36H48N4.2C7H8.2C4H8O.2O.4Yb/c2*1-9-33(10-2)25-17-19-27(37-25)34(11-3,12-4)29-21-23-31(39-29)36(15-7,16-8)32-24-22-30(40-32)35(13-5,14-6)28-20-18-26(33)38-28;2*1-7-5-3-2-4-6-7;2*1-2-4-5-3-1;;;;;;/h2*17-24H,9-16H2,1-8H3;2*2-6H,1H3;2*1-4H2;;;;;;/q2*-4;;;;;2*-2;4*+3. The Morgan fingerprint density at radius 2 is 0.309 bits per heavy atom. The van der Waals surface area contributed by atoms with Crippen LogP contribution in [0.5, 0.6) is 0 Å². The molecule has 0 N–H and O–H groups in total. The van der Waals surface area contributed by atoms with Crippen LogP contribution in [0.3, 0.4) is 0 Å². The van der Waals surface area contributed by atoms with Crippen molar-refractivity contribution < 1.29 is 208 Å². The van der Waals surface area contributed by atoms with Gasteiger partial charge in [-0.15, -0.1) is 0 Å². The van der Waals surface area contributed by atoms with Crippen LogP contribution in [0.15, 0.2) is 158 Å². The van der Waals surface area contributed by atoms with Crippen molar-refractivity contribution >= 4 is 0 Å². The van der Waals surface area contributed by atoms with Gasteiger partial charge in [0, 0.05) is 26.4 Å². The second-order valence-electron chi connectivity index (χ2n) is 30.0. The molecule has 2 fully saturated rings. The van der Waals surface area contributed by atoms with Gasteiger partial charge in [0.1, 0.15) is 0 Å². The molecular formula is C94H128N8O4Yb4. The van der Waals surface area contributed by atoms with Gasteiger partial charge >= 0.3 is 188 Å². The van der Waals surface area contributed by atoms with Gasteiger partial charge in [-0.2, -0.15) is 91.1 Å². The van der Waals surface area contributed by atoms with Crippen molar-refractivity contribution in [3.05, 3.63) is 260 Å². The molecule has 4 aliphatic heterocycles. The molecule has 0 amide bonds. The maximum Gasteiger partial charge on any atom is 3.00 e. The van der Waals surface area contributed by atoms with Crippen molar-refractivity contribution in [2.24, 2.45) is 0 Å². The smallest absolute Gasteiger partial charge is 2.00 e. The number of hydrogen-bond acceptors (Lipinski definition) is 2. The molecule has 12 heterocycles. The molecule has 12 nitrogen and oxygen atoms in total. The fraction of sp³-hybridized carbons (Fsp3) is 0.532. The zero-order valence-corrected chi connectivity index (χ0v) is 76.1. The second-order valence-corrected chi connectivity index (χ2v) is 30.0. The molecule has 4 aliphatic rings. The average Bonchev–Trinajstić information content (AvgIpc) is 1.58. The third-order valence-electron chi connectivity index (χ3n) is 26.2. The predicted molar refractivity (Wildman–Crippen MR) is 433 cm³/mol. The molecule has 10 aromatic rings. The van der Waals surface area contributed by atoms with Crippen LogP contribution in [0, 0.1) is 202 Å². The van der Waals surface area contributed by atoms with Crippen LogP contribution in [0.25, 0.3) is 0 Å². The van der Waals surface area contributed by atoms with E-state index in [9.17, 15) is 0 Å². The summed E-state index contributed by atoms with van der Waals surface area (Å²) in [4.78, 5) is 43.8. The molecule has 2 aromatic carbocycles. The van der Waals surface area contributed by atoms with Gasteiger partial charge in [0.05, 0.1) is 0 Å². The Balaban J connectivity index is 0.000000417. The van der Waals surface area contributed by atoms with Gasteiger partial charge in [-0.1, -0.05) is 280 Å². The summed E-state index contributed by atoms with van der Waals surface area (Å²) in [5.74, 6) is 0. The molecule has 16 heteroatoms. The number of aromatic nitrogens is 8. The Morgan fingerprint density at radius 3 is 0.373 bits per heavy atom. The van der Waals surface area contributed by atoms with E-state index in [0.29, 0.717) is 0 Å². The first-order valence-electron chi connectivity index (χ1n) is 40.8. The Hall–Kier alpha value is -1.40. The van der Waals surface area contributed by atoms with Gasteiger partial charge in [-0.3, -0.25) is 0 Å². The van der Waals surface area contributed by atoms with E-state index < -0.39 is 0 Å². The predicted octanol–water partition coefficient (Wildman–Crippen LogP) is 21.9. The van der Waals surface area contributed by atoms with Gasteiger partial charge in [-0.25, -0.2) is 0 Å². The van der Waals surface area contributed by atoms with Crippen molar-refractivity contribution in [2.45, 2.75) is 296 Å². The zero-order valence-electron chi connectivity index (χ0n) is 69.3. The van der Waals surface area contributed by atoms with Gasteiger partial charge in [0.15, 0.2) is 0 Å². The summed E-state index contributed by atoms with van der Waals surface area (Å²) in [5, 5.41) is 0. The molecule has 4 radical (unpaired) electrons. The summed E-state index contributed by atoms with van der Waals surface area (Å²) < 4.78 is 9.89. The fourth-order valence-corrected chi connectivity index (χ4v) is 18.1. The number of fused-ring (bicyclic) bond motifs is 16. The second kappa shape index (κ2) is 47.4. The van der Waals surface area contributed by atoms with Crippen LogP contribution >= 0.6 is 0 Å². The molecule has 110 heavy (non-hydrogen) atoms. The number of ether oxygens (including phenoxy) is 2. The molecule has 8 aromatic heterocycles. The summed E-state index contributed by atoms with van der Waals surface area (Å²) in [5.41, 5.74) is 19.2. The normalized spacial score (nSPS) is 16.8. The largest absolute Gasteiger partial charge is 3.00 e. The molecule has 14 rings (SSSR count). The first kappa shape index (κ1) is 103. The van der Waals surface area contributed by atoms with E-state index in [0.717, 1.165) is 220 Å². The van der Waals surface area contributed by atoms with Gasteiger partial charge in [0.2, 0.25) is 0 Å². The third-order valence-corrected chi connectivity index (χ3v) is 26.2.